The summed E-state index contributed by atoms with van der Waals surface area (Å²) in [4.78, 5) is 14.4. The molecule has 104 valence electrons. The van der Waals surface area contributed by atoms with Gasteiger partial charge in [-0.15, -0.1) is 0 Å². The number of rotatable bonds is 4. The lowest BCUT2D eigenvalue weighted by Crippen LogP contribution is -2.37. The number of nitrogens with zero attached hydrogens (tertiary/aromatic N) is 1. The van der Waals surface area contributed by atoms with E-state index >= 15 is 0 Å². The second kappa shape index (κ2) is 6.53. The number of hydrogen-bond donors (Lipinski definition) is 1. The third-order valence-corrected chi connectivity index (χ3v) is 4.58. The van der Waals surface area contributed by atoms with Crippen LogP contribution >= 0.6 is 15.9 Å². The highest BCUT2D eigenvalue weighted by Gasteiger charge is 2.28. The SMILES string of the molecule is CCC(Cc1ccccc1Br)C(=O)N1CCC(N)C1. The highest BCUT2D eigenvalue weighted by molar-refractivity contribution is 9.10. The first-order valence-electron chi connectivity index (χ1n) is 6.89. The average molecular weight is 325 g/mol. The zero-order valence-corrected chi connectivity index (χ0v) is 12.9. The van der Waals surface area contributed by atoms with Crippen molar-refractivity contribution in [1.29, 1.82) is 0 Å². The molecule has 2 rings (SSSR count). The number of hydrogen-bond acceptors (Lipinski definition) is 2. The van der Waals surface area contributed by atoms with Crippen molar-refractivity contribution in [2.45, 2.75) is 32.2 Å². The molecule has 1 fully saturated rings. The van der Waals surface area contributed by atoms with Crippen LogP contribution in [0.2, 0.25) is 0 Å². The highest BCUT2D eigenvalue weighted by Crippen LogP contribution is 2.23. The van der Waals surface area contributed by atoms with E-state index in [0.29, 0.717) is 6.54 Å². The Labute approximate surface area is 123 Å². The minimum atomic E-state index is 0.0593. The van der Waals surface area contributed by atoms with E-state index in [0.717, 1.165) is 30.3 Å². The monoisotopic (exact) mass is 324 g/mol. The van der Waals surface area contributed by atoms with Crippen molar-refractivity contribution < 1.29 is 4.79 Å². The summed E-state index contributed by atoms with van der Waals surface area (Å²) in [5, 5.41) is 0. The van der Waals surface area contributed by atoms with Gasteiger partial charge in [0.05, 0.1) is 0 Å². The summed E-state index contributed by atoms with van der Waals surface area (Å²) in [7, 11) is 0. The Kier molecular flexibility index (Phi) is 4.99. The molecule has 2 N–H and O–H groups in total. The molecule has 1 aromatic rings. The Balaban J connectivity index is 2.04. The van der Waals surface area contributed by atoms with Gasteiger partial charge in [0.25, 0.3) is 0 Å². The Morgan fingerprint density at radius 2 is 2.26 bits per heavy atom. The predicted molar refractivity (Wildman–Crippen MR) is 80.8 cm³/mol. The highest BCUT2D eigenvalue weighted by atomic mass is 79.9. The summed E-state index contributed by atoms with van der Waals surface area (Å²) in [6.45, 7) is 3.60. The van der Waals surface area contributed by atoms with Crippen molar-refractivity contribution in [2.24, 2.45) is 11.7 Å². The minimum absolute atomic E-state index is 0.0593. The molecule has 0 aliphatic carbocycles. The standard InChI is InChI=1S/C15H21BrN2O/c1-2-11(9-12-5-3-4-6-14(12)16)15(19)18-8-7-13(17)10-18/h3-6,11,13H,2,7-10,17H2,1H3. The van der Waals surface area contributed by atoms with Gasteiger partial charge < -0.3 is 10.6 Å². The number of halogens is 1. The van der Waals surface area contributed by atoms with Crippen LogP contribution in [0.5, 0.6) is 0 Å². The predicted octanol–water partition coefficient (Wildman–Crippen LogP) is 2.58. The van der Waals surface area contributed by atoms with Crippen LogP contribution in [0.4, 0.5) is 0 Å². The fourth-order valence-electron chi connectivity index (χ4n) is 2.58. The molecule has 1 amide bonds. The fourth-order valence-corrected chi connectivity index (χ4v) is 3.03. The normalized spacial score (nSPS) is 20.6. The Morgan fingerprint density at radius 1 is 1.53 bits per heavy atom. The molecular formula is C15H21BrN2O. The Morgan fingerprint density at radius 3 is 2.84 bits per heavy atom. The molecule has 1 aliphatic heterocycles. The molecule has 1 aliphatic rings. The zero-order valence-electron chi connectivity index (χ0n) is 11.3. The first kappa shape index (κ1) is 14.5. The third kappa shape index (κ3) is 3.57. The molecule has 1 heterocycles. The quantitative estimate of drug-likeness (QED) is 0.925. The van der Waals surface area contributed by atoms with E-state index in [2.05, 4.69) is 28.9 Å². The van der Waals surface area contributed by atoms with Gasteiger partial charge >= 0.3 is 0 Å². The summed E-state index contributed by atoms with van der Waals surface area (Å²) in [5.74, 6) is 0.315. The van der Waals surface area contributed by atoms with Crippen LogP contribution < -0.4 is 5.73 Å². The van der Waals surface area contributed by atoms with Crippen molar-refractivity contribution >= 4 is 21.8 Å². The molecule has 0 aromatic heterocycles. The van der Waals surface area contributed by atoms with Crippen molar-refractivity contribution in [2.75, 3.05) is 13.1 Å². The minimum Gasteiger partial charge on any atom is -0.341 e. The number of benzene rings is 1. The van der Waals surface area contributed by atoms with Gasteiger partial charge in [-0.3, -0.25) is 4.79 Å². The van der Waals surface area contributed by atoms with Crippen molar-refractivity contribution in [3.8, 4) is 0 Å². The van der Waals surface area contributed by atoms with E-state index in [9.17, 15) is 4.79 Å². The molecule has 0 bridgehead atoms. The van der Waals surface area contributed by atoms with Crippen LogP contribution in [0, 0.1) is 5.92 Å². The van der Waals surface area contributed by atoms with Gasteiger partial charge in [0.1, 0.15) is 0 Å². The zero-order chi connectivity index (χ0) is 13.8. The smallest absolute Gasteiger partial charge is 0.226 e. The fraction of sp³-hybridized carbons (Fsp3) is 0.533. The lowest BCUT2D eigenvalue weighted by Gasteiger charge is -2.23. The molecular weight excluding hydrogens is 304 g/mol. The molecule has 1 saturated heterocycles. The van der Waals surface area contributed by atoms with Gasteiger partial charge in [-0.2, -0.15) is 0 Å². The van der Waals surface area contributed by atoms with Crippen molar-refractivity contribution in [3.63, 3.8) is 0 Å². The number of carbonyl (C=O) groups is 1. The lowest BCUT2D eigenvalue weighted by molar-refractivity contribution is -0.134. The Hall–Kier alpha value is -0.870. The lowest BCUT2D eigenvalue weighted by atomic mass is 9.95. The molecule has 4 heteroatoms. The van der Waals surface area contributed by atoms with Crippen LogP contribution in [-0.4, -0.2) is 29.9 Å². The second-order valence-electron chi connectivity index (χ2n) is 5.23. The van der Waals surface area contributed by atoms with E-state index in [4.69, 9.17) is 5.73 Å². The van der Waals surface area contributed by atoms with E-state index in [1.54, 1.807) is 0 Å². The van der Waals surface area contributed by atoms with E-state index in [1.807, 2.05) is 23.1 Å². The van der Waals surface area contributed by atoms with E-state index < -0.39 is 0 Å². The number of carbonyl (C=O) groups excluding carboxylic acids is 1. The van der Waals surface area contributed by atoms with E-state index in [1.165, 1.54) is 5.56 Å². The van der Waals surface area contributed by atoms with Gasteiger partial charge in [0, 0.05) is 29.5 Å². The summed E-state index contributed by atoms with van der Waals surface area (Å²) < 4.78 is 1.08. The van der Waals surface area contributed by atoms with Gasteiger partial charge in [-0.25, -0.2) is 0 Å². The Bertz CT molecular complexity index is 450. The molecule has 19 heavy (non-hydrogen) atoms. The number of nitrogens with two attached hydrogens (primary N) is 1. The summed E-state index contributed by atoms with van der Waals surface area (Å²) in [5.41, 5.74) is 7.08. The van der Waals surface area contributed by atoms with Gasteiger partial charge in [-0.05, 0) is 30.9 Å². The third-order valence-electron chi connectivity index (χ3n) is 3.80. The summed E-state index contributed by atoms with van der Waals surface area (Å²) >= 11 is 3.55. The second-order valence-corrected chi connectivity index (χ2v) is 6.09. The van der Waals surface area contributed by atoms with Crippen LogP contribution in [-0.2, 0) is 11.2 Å². The topological polar surface area (TPSA) is 46.3 Å². The molecule has 0 radical (unpaired) electrons. The van der Waals surface area contributed by atoms with Gasteiger partial charge in [0.2, 0.25) is 5.91 Å². The van der Waals surface area contributed by atoms with Crippen molar-refractivity contribution in [3.05, 3.63) is 34.3 Å². The first-order valence-corrected chi connectivity index (χ1v) is 7.69. The summed E-state index contributed by atoms with van der Waals surface area (Å²) in [6.07, 6.45) is 2.59. The average Bonchev–Trinajstić information content (AvgIpc) is 2.84. The van der Waals surface area contributed by atoms with Crippen LogP contribution in [0.1, 0.15) is 25.3 Å². The maximum atomic E-state index is 12.5. The van der Waals surface area contributed by atoms with Crippen LogP contribution in [0.15, 0.2) is 28.7 Å². The summed E-state index contributed by atoms with van der Waals surface area (Å²) in [6, 6.07) is 8.28. The largest absolute Gasteiger partial charge is 0.341 e. The van der Waals surface area contributed by atoms with Crippen molar-refractivity contribution in [1.82, 2.24) is 4.90 Å². The molecule has 2 atom stereocenters. The molecule has 1 aromatic carbocycles. The van der Waals surface area contributed by atoms with Gasteiger partial charge in [-0.1, -0.05) is 41.1 Å². The number of amides is 1. The van der Waals surface area contributed by atoms with Gasteiger partial charge in [0.15, 0.2) is 0 Å². The number of likely N-dealkylation sites (tertiary alicyclic amines) is 1. The molecule has 2 unspecified atom stereocenters. The van der Waals surface area contributed by atoms with Crippen LogP contribution in [0.25, 0.3) is 0 Å². The van der Waals surface area contributed by atoms with E-state index in [-0.39, 0.29) is 17.9 Å². The first-order chi connectivity index (χ1) is 9.11. The maximum Gasteiger partial charge on any atom is 0.226 e. The maximum absolute atomic E-state index is 12.5. The van der Waals surface area contributed by atoms with Crippen LogP contribution in [0.3, 0.4) is 0 Å². The molecule has 0 saturated carbocycles. The molecule has 0 spiro atoms. The molecule has 3 nitrogen and oxygen atoms in total.